The zero-order valence-electron chi connectivity index (χ0n) is 9.23. The molecular formula is C11H17NO2S. The molecule has 84 valence electrons. The Morgan fingerprint density at radius 2 is 2.40 bits per heavy atom. The number of hydrogen-bond donors (Lipinski definition) is 0. The fourth-order valence-electron chi connectivity index (χ4n) is 1.41. The van der Waals surface area contributed by atoms with Crippen molar-refractivity contribution in [2.75, 3.05) is 0 Å². The second kappa shape index (κ2) is 6.56. The van der Waals surface area contributed by atoms with Crippen LogP contribution in [0.2, 0.25) is 0 Å². The van der Waals surface area contributed by atoms with Crippen LogP contribution in [0, 0.1) is 5.92 Å². The normalized spacial score (nSPS) is 12.4. The number of nitrogens with zero attached hydrogens (tertiary/aromatic N) is 1. The number of rotatable bonds is 6. The minimum absolute atomic E-state index is 0.0509. The van der Waals surface area contributed by atoms with Gasteiger partial charge in [-0.1, -0.05) is 20.3 Å². The topological polar surface area (TPSA) is 39.2 Å². The molecule has 0 aromatic carbocycles. The summed E-state index contributed by atoms with van der Waals surface area (Å²) in [6, 6.07) is 0. The summed E-state index contributed by atoms with van der Waals surface area (Å²) < 4.78 is 5.20. The molecule has 1 unspecified atom stereocenters. The third-order valence-electron chi connectivity index (χ3n) is 2.28. The van der Waals surface area contributed by atoms with E-state index in [2.05, 4.69) is 11.9 Å². The lowest BCUT2D eigenvalue weighted by atomic mass is 10.0. The highest BCUT2D eigenvalue weighted by Gasteiger charge is 2.16. The van der Waals surface area contributed by atoms with Crippen LogP contribution in [0.5, 0.6) is 0 Å². The van der Waals surface area contributed by atoms with E-state index in [9.17, 15) is 4.79 Å². The Balaban J connectivity index is 2.34. The average Bonchev–Trinajstić information content (AvgIpc) is 2.75. The zero-order chi connectivity index (χ0) is 11.1. The molecule has 0 radical (unpaired) electrons. The van der Waals surface area contributed by atoms with Gasteiger partial charge in [0.05, 0.1) is 5.92 Å². The lowest BCUT2D eigenvalue weighted by Crippen LogP contribution is -2.16. The van der Waals surface area contributed by atoms with E-state index in [0.717, 1.165) is 24.3 Å². The van der Waals surface area contributed by atoms with Gasteiger partial charge in [0, 0.05) is 11.6 Å². The van der Waals surface area contributed by atoms with E-state index in [4.69, 9.17) is 4.74 Å². The summed E-state index contributed by atoms with van der Waals surface area (Å²) in [5.41, 5.74) is 0. The first-order valence-electron chi connectivity index (χ1n) is 5.32. The molecule has 1 aromatic rings. The number of thiazole rings is 1. The summed E-state index contributed by atoms with van der Waals surface area (Å²) in [7, 11) is 0. The molecule has 0 aliphatic carbocycles. The van der Waals surface area contributed by atoms with Crippen LogP contribution in [0.4, 0.5) is 0 Å². The van der Waals surface area contributed by atoms with Crippen LogP contribution in [0.3, 0.4) is 0 Å². The Morgan fingerprint density at radius 3 is 2.93 bits per heavy atom. The molecule has 0 saturated carbocycles. The number of esters is 1. The fraction of sp³-hybridized carbons (Fsp3) is 0.636. The largest absolute Gasteiger partial charge is 0.458 e. The van der Waals surface area contributed by atoms with Gasteiger partial charge < -0.3 is 4.74 Å². The van der Waals surface area contributed by atoms with Crippen LogP contribution >= 0.6 is 11.3 Å². The van der Waals surface area contributed by atoms with Gasteiger partial charge in [-0.25, -0.2) is 4.98 Å². The monoisotopic (exact) mass is 227 g/mol. The summed E-state index contributed by atoms with van der Waals surface area (Å²) in [5, 5.41) is 2.74. The second-order valence-electron chi connectivity index (χ2n) is 3.43. The molecule has 0 amide bonds. The van der Waals surface area contributed by atoms with Gasteiger partial charge in [-0.2, -0.15) is 0 Å². The molecule has 0 aliphatic rings. The van der Waals surface area contributed by atoms with E-state index in [1.54, 1.807) is 6.20 Å². The maximum atomic E-state index is 11.6. The van der Waals surface area contributed by atoms with E-state index in [1.807, 2.05) is 12.3 Å². The Bertz CT molecular complexity index is 285. The van der Waals surface area contributed by atoms with Crippen molar-refractivity contribution in [2.24, 2.45) is 5.92 Å². The van der Waals surface area contributed by atoms with Crippen LogP contribution in [0.1, 0.15) is 38.1 Å². The maximum absolute atomic E-state index is 11.6. The molecule has 4 heteroatoms. The highest BCUT2D eigenvalue weighted by atomic mass is 32.1. The van der Waals surface area contributed by atoms with Gasteiger partial charge in [0.15, 0.2) is 0 Å². The standard InChI is InChI=1S/C11H17NO2S/c1-3-5-9(4-2)11(13)14-8-10-12-6-7-15-10/h6-7,9H,3-5,8H2,1-2H3. The summed E-state index contributed by atoms with van der Waals surface area (Å²) in [6.45, 7) is 4.42. The third kappa shape index (κ3) is 4.00. The summed E-state index contributed by atoms with van der Waals surface area (Å²) >= 11 is 1.51. The molecule has 1 rings (SSSR count). The van der Waals surface area contributed by atoms with Gasteiger partial charge >= 0.3 is 5.97 Å². The number of carbonyl (C=O) groups excluding carboxylic acids is 1. The molecule has 0 saturated heterocycles. The van der Waals surface area contributed by atoms with Crippen molar-refractivity contribution in [3.63, 3.8) is 0 Å². The Hall–Kier alpha value is -0.900. The summed E-state index contributed by atoms with van der Waals surface area (Å²) in [6.07, 6.45) is 4.50. The number of aromatic nitrogens is 1. The highest BCUT2D eigenvalue weighted by Crippen LogP contribution is 2.14. The Morgan fingerprint density at radius 1 is 1.60 bits per heavy atom. The minimum atomic E-state index is -0.0884. The predicted octanol–water partition coefficient (Wildman–Crippen LogP) is 3.01. The third-order valence-corrected chi connectivity index (χ3v) is 3.04. The maximum Gasteiger partial charge on any atom is 0.309 e. The van der Waals surface area contributed by atoms with Crippen molar-refractivity contribution in [2.45, 2.75) is 39.7 Å². The van der Waals surface area contributed by atoms with Crippen LogP contribution in [0.15, 0.2) is 11.6 Å². The van der Waals surface area contributed by atoms with Gasteiger partial charge in [0.25, 0.3) is 0 Å². The van der Waals surface area contributed by atoms with E-state index in [-0.39, 0.29) is 11.9 Å². The van der Waals surface area contributed by atoms with Crippen molar-refractivity contribution in [1.82, 2.24) is 4.98 Å². The second-order valence-corrected chi connectivity index (χ2v) is 4.41. The summed E-state index contributed by atoms with van der Waals surface area (Å²) in [4.78, 5) is 15.7. The van der Waals surface area contributed by atoms with Crippen molar-refractivity contribution in [3.05, 3.63) is 16.6 Å². The molecule has 0 spiro atoms. The zero-order valence-corrected chi connectivity index (χ0v) is 10.0. The predicted molar refractivity (Wildman–Crippen MR) is 60.6 cm³/mol. The van der Waals surface area contributed by atoms with Crippen molar-refractivity contribution >= 4 is 17.3 Å². The lowest BCUT2D eigenvalue weighted by molar-refractivity contribution is -0.150. The Labute approximate surface area is 94.5 Å². The lowest BCUT2D eigenvalue weighted by Gasteiger charge is -2.11. The number of hydrogen-bond acceptors (Lipinski definition) is 4. The average molecular weight is 227 g/mol. The molecule has 0 aliphatic heterocycles. The molecule has 1 heterocycles. The van der Waals surface area contributed by atoms with Gasteiger partial charge in [-0.05, 0) is 12.8 Å². The van der Waals surface area contributed by atoms with E-state index in [1.165, 1.54) is 11.3 Å². The van der Waals surface area contributed by atoms with E-state index >= 15 is 0 Å². The first-order valence-corrected chi connectivity index (χ1v) is 6.20. The molecule has 0 N–H and O–H groups in total. The quantitative estimate of drug-likeness (QED) is 0.701. The van der Waals surface area contributed by atoms with Gasteiger partial charge in [-0.3, -0.25) is 4.79 Å². The molecular weight excluding hydrogens is 210 g/mol. The SMILES string of the molecule is CCCC(CC)C(=O)OCc1nccs1. The number of carbonyl (C=O) groups is 1. The Kier molecular flexibility index (Phi) is 5.32. The van der Waals surface area contributed by atoms with E-state index in [0.29, 0.717) is 6.61 Å². The van der Waals surface area contributed by atoms with Crippen molar-refractivity contribution in [3.8, 4) is 0 Å². The van der Waals surface area contributed by atoms with Crippen LogP contribution in [-0.4, -0.2) is 11.0 Å². The number of ether oxygens (including phenoxy) is 1. The van der Waals surface area contributed by atoms with E-state index < -0.39 is 0 Å². The molecule has 3 nitrogen and oxygen atoms in total. The molecule has 1 aromatic heterocycles. The smallest absolute Gasteiger partial charge is 0.309 e. The van der Waals surface area contributed by atoms with Crippen molar-refractivity contribution in [1.29, 1.82) is 0 Å². The fourth-order valence-corrected chi connectivity index (χ4v) is 1.94. The first-order chi connectivity index (χ1) is 7.27. The summed E-state index contributed by atoms with van der Waals surface area (Å²) in [5.74, 6) is -0.0375. The van der Waals surface area contributed by atoms with Crippen LogP contribution in [-0.2, 0) is 16.1 Å². The van der Waals surface area contributed by atoms with Crippen molar-refractivity contribution < 1.29 is 9.53 Å². The van der Waals surface area contributed by atoms with Crippen LogP contribution < -0.4 is 0 Å². The molecule has 0 fully saturated rings. The molecule has 0 bridgehead atoms. The van der Waals surface area contributed by atoms with Gasteiger partial charge in [0.2, 0.25) is 0 Å². The molecule has 1 atom stereocenters. The molecule has 15 heavy (non-hydrogen) atoms. The van der Waals surface area contributed by atoms with Gasteiger partial charge in [0.1, 0.15) is 11.6 Å². The van der Waals surface area contributed by atoms with Gasteiger partial charge in [-0.15, -0.1) is 11.3 Å². The minimum Gasteiger partial charge on any atom is -0.458 e. The first kappa shape index (κ1) is 12.2. The highest BCUT2D eigenvalue weighted by molar-refractivity contribution is 7.09. The van der Waals surface area contributed by atoms with Crippen LogP contribution in [0.25, 0.3) is 0 Å².